The van der Waals surface area contributed by atoms with Crippen molar-refractivity contribution in [2.75, 3.05) is 0 Å². The average molecular weight is 413 g/mol. The van der Waals surface area contributed by atoms with E-state index in [1.54, 1.807) is 6.20 Å². The van der Waals surface area contributed by atoms with E-state index in [9.17, 15) is 4.79 Å². The fraction of sp³-hybridized carbons (Fsp3) is 0.545. The summed E-state index contributed by atoms with van der Waals surface area (Å²) in [7, 11) is -0.389. The van der Waals surface area contributed by atoms with Gasteiger partial charge in [-0.3, -0.25) is 0 Å². The summed E-state index contributed by atoms with van der Waals surface area (Å²) in [5.41, 5.74) is 1.54. The van der Waals surface area contributed by atoms with Crippen LogP contribution in [0.15, 0.2) is 30.5 Å². The number of hydrogen-bond acceptors (Lipinski definition) is 5. The van der Waals surface area contributed by atoms with Crippen LogP contribution in [-0.2, 0) is 14.0 Å². The molecule has 1 aliphatic heterocycles. The topological polar surface area (TPSA) is 85.5 Å². The van der Waals surface area contributed by atoms with Gasteiger partial charge in [-0.25, -0.2) is 9.78 Å². The van der Waals surface area contributed by atoms with Crippen molar-refractivity contribution >= 4 is 18.7 Å². The van der Waals surface area contributed by atoms with Crippen LogP contribution in [0.4, 0.5) is 4.79 Å². The van der Waals surface area contributed by atoms with Gasteiger partial charge in [-0.2, -0.15) is 0 Å². The normalized spacial score (nSPS) is 18.9. The van der Waals surface area contributed by atoms with E-state index < -0.39 is 11.7 Å². The van der Waals surface area contributed by atoms with Crippen molar-refractivity contribution in [2.24, 2.45) is 0 Å². The van der Waals surface area contributed by atoms with Gasteiger partial charge < -0.3 is 24.3 Å². The van der Waals surface area contributed by atoms with Crippen LogP contribution in [0.3, 0.4) is 0 Å². The average Bonchev–Trinajstić information content (AvgIpc) is 3.16. The first kappa shape index (κ1) is 22.4. The van der Waals surface area contributed by atoms with Gasteiger partial charge in [-0.1, -0.05) is 24.3 Å². The predicted molar refractivity (Wildman–Crippen MR) is 118 cm³/mol. The van der Waals surface area contributed by atoms with Crippen molar-refractivity contribution < 1.29 is 18.8 Å². The van der Waals surface area contributed by atoms with Gasteiger partial charge in [0.05, 0.1) is 29.1 Å². The van der Waals surface area contributed by atoms with Crippen molar-refractivity contribution in [2.45, 2.75) is 78.2 Å². The monoisotopic (exact) mass is 413 g/mol. The van der Waals surface area contributed by atoms with E-state index in [1.807, 2.05) is 79.7 Å². The second-order valence-corrected chi connectivity index (χ2v) is 9.76. The number of amides is 1. The van der Waals surface area contributed by atoms with Gasteiger partial charge in [0.1, 0.15) is 11.4 Å². The molecule has 0 spiro atoms. The third-order valence-corrected chi connectivity index (χ3v) is 5.49. The molecule has 0 saturated carbocycles. The molecule has 2 heterocycles. The summed E-state index contributed by atoms with van der Waals surface area (Å²) in [5, 5.41) is 2.79. The smallest absolute Gasteiger partial charge is 0.444 e. The maximum Gasteiger partial charge on any atom is 0.494 e. The first-order valence-corrected chi connectivity index (χ1v) is 10.3. The molecule has 2 N–H and O–H groups in total. The summed E-state index contributed by atoms with van der Waals surface area (Å²) in [5.74, 6) is 0.658. The summed E-state index contributed by atoms with van der Waals surface area (Å²) in [6.07, 6.45) is 1.28. The lowest BCUT2D eigenvalue weighted by Crippen LogP contribution is -2.41. The zero-order chi connectivity index (χ0) is 22.3. The summed E-state index contributed by atoms with van der Waals surface area (Å²) >= 11 is 0. The summed E-state index contributed by atoms with van der Waals surface area (Å²) in [6.45, 7) is 15.5. The molecule has 30 heavy (non-hydrogen) atoms. The van der Waals surface area contributed by atoms with E-state index in [4.69, 9.17) is 14.0 Å². The number of aromatic amines is 1. The van der Waals surface area contributed by atoms with Gasteiger partial charge in [-0.15, -0.1) is 0 Å². The Morgan fingerprint density at radius 1 is 1.13 bits per heavy atom. The molecule has 0 radical (unpaired) electrons. The molecule has 1 fully saturated rings. The number of benzene rings is 1. The van der Waals surface area contributed by atoms with E-state index >= 15 is 0 Å². The molecule has 8 heteroatoms. The molecule has 1 atom stereocenters. The largest absolute Gasteiger partial charge is 0.494 e. The van der Waals surface area contributed by atoms with Gasteiger partial charge in [0.25, 0.3) is 0 Å². The minimum absolute atomic E-state index is 0.308. The van der Waals surface area contributed by atoms with Crippen LogP contribution in [0.1, 0.15) is 67.3 Å². The predicted octanol–water partition coefficient (Wildman–Crippen LogP) is 3.96. The number of carbonyl (C=O) groups excluding carboxylic acids is 1. The maximum atomic E-state index is 12.0. The molecule has 1 aliphatic rings. The molecule has 1 amide bonds. The highest BCUT2D eigenvalue weighted by atomic mass is 16.7. The quantitative estimate of drug-likeness (QED) is 0.742. The van der Waals surface area contributed by atoms with Crippen LogP contribution < -0.4 is 10.8 Å². The van der Waals surface area contributed by atoms with Gasteiger partial charge in [0.2, 0.25) is 0 Å². The summed E-state index contributed by atoms with van der Waals surface area (Å²) < 4.78 is 17.5. The number of hydrogen-bond donors (Lipinski definition) is 2. The van der Waals surface area contributed by atoms with Crippen molar-refractivity contribution in [3.8, 4) is 11.3 Å². The lowest BCUT2D eigenvalue weighted by molar-refractivity contribution is 0.00578. The standard InChI is InChI=1S/C22H32BN3O4/c1-14(25-19(27)28-20(2,3)4)18-24-13-17(26-18)15-9-11-16(12-10-15)23-29-21(5,6)22(7,8)30-23/h9-14H,1-8H3,(H,24,26)(H,25,27)/t14-/m1/s1. The highest BCUT2D eigenvalue weighted by Gasteiger charge is 2.51. The van der Waals surface area contributed by atoms with E-state index in [1.165, 1.54) is 0 Å². The Morgan fingerprint density at radius 2 is 1.70 bits per heavy atom. The van der Waals surface area contributed by atoms with E-state index in [0.717, 1.165) is 16.7 Å². The number of nitrogens with zero attached hydrogens (tertiary/aromatic N) is 1. The number of H-pyrrole nitrogens is 1. The van der Waals surface area contributed by atoms with Gasteiger partial charge >= 0.3 is 13.2 Å². The van der Waals surface area contributed by atoms with E-state index in [-0.39, 0.29) is 24.4 Å². The zero-order valence-electron chi connectivity index (χ0n) is 19.1. The number of aromatic nitrogens is 2. The van der Waals surface area contributed by atoms with Crippen molar-refractivity contribution in [1.29, 1.82) is 0 Å². The molecule has 1 aromatic heterocycles. The SMILES string of the molecule is C[C@@H](NC(=O)OC(C)(C)C)c1ncc(-c2ccc(B3OC(C)(C)C(C)(C)O3)cc2)[nH]1. The molecule has 2 aromatic rings. The van der Waals surface area contributed by atoms with Crippen molar-refractivity contribution in [3.63, 3.8) is 0 Å². The Hall–Kier alpha value is -2.32. The highest BCUT2D eigenvalue weighted by molar-refractivity contribution is 6.62. The van der Waals surface area contributed by atoms with Gasteiger partial charge in [0.15, 0.2) is 0 Å². The van der Waals surface area contributed by atoms with Crippen LogP contribution in [-0.4, -0.2) is 40.0 Å². The van der Waals surface area contributed by atoms with Crippen LogP contribution in [0.2, 0.25) is 0 Å². The second kappa shape index (κ2) is 7.74. The lowest BCUT2D eigenvalue weighted by Gasteiger charge is -2.32. The van der Waals surface area contributed by atoms with E-state index in [2.05, 4.69) is 15.3 Å². The Labute approximate surface area is 179 Å². The van der Waals surface area contributed by atoms with Crippen LogP contribution in [0, 0.1) is 0 Å². The van der Waals surface area contributed by atoms with Crippen molar-refractivity contribution in [1.82, 2.24) is 15.3 Å². The lowest BCUT2D eigenvalue weighted by atomic mass is 9.79. The van der Waals surface area contributed by atoms with Gasteiger partial charge in [0, 0.05) is 0 Å². The number of imidazole rings is 1. The molecular weight excluding hydrogens is 381 g/mol. The highest BCUT2D eigenvalue weighted by Crippen LogP contribution is 2.36. The minimum Gasteiger partial charge on any atom is -0.444 e. The molecule has 0 unspecified atom stereocenters. The molecule has 1 aromatic carbocycles. The zero-order valence-corrected chi connectivity index (χ0v) is 19.1. The minimum atomic E-state index is -0.545. The molecular formula is C22H32BN3O4. The molecule has 162 valence electrons. The molecule has 0 aliphatic carbocycles. The van der Waals surface area contributed by atoms with Gasteiger partial charge in [-0.05, 0) is 66.4 Å². The Morgan fingerprint density at radius 3 is 2.23 bits per heavy atom. The first-order chi connectivity index (χ1) is 13.8. The number of nitrogens with one attached hydrogen (secondary N) is 2. The maximum absolute atomic E-state index is 12.0. The fourth-order valence-corrected chi connectivity index (χ4v) is 3.06. The number of alkyl carbamates (subject to hydrolysis) is 1. The fourth-order valence-electron chi connectivity index (χ4n) is 3.06. The Kier molecular flexibility index (Phi) is 5.77. The first-order valence-electron chi connectivity index (χ1n) is 10.3. The number of rotatable bonds is 4. The van der Waals surface area contributed by atoms with Crippen LogP contribution in [0.5, 0.6) is 0 Å². The van der Waals surface area contributed by atoms with Crippen LogP contribution in [0.25, 0.3) is 11.3 Å². The summed E-state index contributed by atoms with van der Waals surface area (Å²) in [6, 6.07) is 7.70. The third-order valence-electron chi connectivity index (χ3n) is 5.49. The number of carbonyl (C=O) groups is 1. The Bertz CT molecular complexity index is 884. The molecule has 0 bridgehead atoms. The van der Waals surface area contributed by atoms with Crippen LogP contribution >= 0.6 is 0 Å². The number of ether oxygens (including phenoxy) is 1. The molecule has 7 nitrogen and oxygen atoms in total. The molecule has 1 saturated heterocycles. The summed E-state index contributed by atoms with van der Waals surface area (Å²) in [4.78, 5) is 19.6. The molecule has 3 rings (SSSR count). The second-order valence-electron chi connectivity index (χ2n) is 9.76. The van der Waals surface area contributed by atoms with Crippen molar-refractivity contribution in [3.05, 3.63) is 36.3 Å². The van der Waals surface area contributed by atoms with E-state index in [0.29, 0.717) is 5.82 Å². The Balaban J connectivity index is 1.67. The third kappa shape index (κ3) is 4.87.